The largest absolute Gasteiger partial charge is 0.360 e. The van der Waals surface area contributed by atoms with Gasteiger partial charge in [0.15, 0.2) is 5.17 Å². The highest BCUT2D eigenvalue weighted by Crippen LogP contribution is 2.27. The van der Waals surface area contributed by atoms with E-state index in [0.717, 1.165) is 11.6 Å². The number of sulfonamides is 1. The first-order valence-corrected chi connectivity index (χ1v) is 11.0. The first-order chi connectivity index (χ1) is 10.9. The summed E-state index contributed by atoms with van der Waals surface area (Å²) in [5, 5.41) is 4.33. The monoisotopic (exact) mass is 360 g/mol. The summed E-state index contributed by atoms with van der Waals surface area (Å²) in [6.45, 7) is 1.71. The molecule has 0 radical (unpaired) electrons. The fourth-order valence-electron chi connectivity index (χ4n) is 3.35. The van der Waals surface area contributed by atoms with Crippen LogP contribution < -0.4 is 5.32 Å². The number of carbonyl (C=O) groups excluding carboxylic acids is 1. The Morgan fingerprint density at radius 1 is 1.26 bits per heavy atom. The Morgan fingerprint density at radius 2 is 1.96 bits per heavy atom. The van der Waals surface area contributed by atoms with Crippen molar-refractivity contribution in [2.45, 2.75) is 37.8 Å². The Labute approximate surface area is 141 Å². The Hall–Kier alpha value is -0.800. The van der Waals surface area contributed by atoms with E-state index in [-0.39, 0.29) is 5.91 Å². The molecule has 1 amide bonds. The van der Waals surface area contributed by atoms with E-state index in [0.29, 0.717) is 44.0 Å². The summed E-state index contributed by atoms with van der Waals surface area (Å²) in [7, 11) is -3.15. The number of amides is 1. The molecule has 0 bridgehead atoms. The van der Waals surface area contributed by atoms with Crippen LogP contribution in [0.3, 0.4) is 0 Å². The Balaban J connectivity index is 1.44. The van der Waals surface area contributed by atoms with Gasteiger partial charge in [0.25, 0.3) is 0 Å². The molecule has 2 aliphatic heterocycles. The molecule has 0 aromatic carbocycles. The van der Waals surface area contributed by atoms with Crippen LogP contribution in [-0.4, -0.2) is 79.0 Å². The molecule has 2 fully saturated rings. The van der Waals surface area contributed by atoms with Crippen molar-refractivity contribution in [1.82, 2.24) is 14.5 Å². The van der Waals surface area contributed by atoms with Crippen LogP contribution in [0.4, 0.5) is 0 Å². The van der Waals surface area contributed by atoms with Gasteiger partial charge in [-0.1, -0.05) is 24.6 Å². The summed E-state index contributed by atoms with van der Waals surface area (Å²) in [5.74, 6) is 0.423. The van der Waals surface area contributed by atoms with Crippen molar-refractivity contribution in [2.75, 3.05) is 38.2 Å². The molecule has 1 N–H and O–H groups in total. The summed E-state index contributed by atoms with van der Waals surface area (Å²) in [6.07, 6.45) is 6.02. The number of aliphatic imine (C=N–C) groups is 1. The molecule has 0 spiro atoms. The van der Waals surface area contributed by atoms with Gasteiger partial charge in [0.1, 0.15) is 0 Å². The van der Waals surface area contributed by atoms with E-state index >= 15 is 0 Å². The maximum atomic E-state index is 12.3. The van der Waals surface area contributed by atoms with Crippen molar-refractivity contribution in [3.8, 4) is 0 Å². The van der Waals surface area contributed by atoms with Gasteiger partial charge >= 0.3 is 0 Å². The quantitative estimate of drug-likeness (QED) is 0.772. The van der Waals surface area contributed by atoms with Gasteiger partial charge in [0.05, 0.1) is 24.1 Å². The SMILES string of the molecule is CS(=O)(=O)N1CCN(C(=O)CSC2=NC3CCCCC3N2)CC1. The number of hydrogen-bond acceptors (Lipinski definition) is 6. The standard InChI is InChI=1S/C14H24N4O3S2/c1-23(20,21)18-8-6-17(7-9-18)13(19)10-22-14-15-11-4-2-3-5-12(11)16-14/h11-12H,2-10H2,1H3,(H,15,16). The number of thioether (sulfide) groups is 1. The van der Waals surface area contributed by atoms with Gasteiger partial charge in [0.2, 0.25) is 15.9 Å². The van der Waals surface area contributed by atoms with Gasteiger partial charge in [-0.25, -0.2) is 8.42 Å². The van der Waals surface area contributed by atoms with E-state index in [2.05, 4.69) is 10.3 Å². The van der Waals surface area contributed by atoms with E-state index in [4.69, 9.17) is 0 Å². The number of hydrogen-bond donors (Lipinski definition) is 1. The topological polar surface area (TPSA) is 82.1 Å². The summed E-state index contributed by atoms with van der Waals surface area (Å²) in [5.41, 5.74) is 0. The van der Waals surface area contributed by atoms with Crippen LogP contribution in [0.1, 0.15) is 25.7 Å². The molecule has 2 heterocycles. The fourth-order valence-corrected chi connectivity index (χ4v) is 5.06. The minimum atomic E-state index is -3.15. The summed E-state index contributed by atoms with van der Waals surface area (Å²) >= 11 is 1.47. The van der Waals surface area contributed by atoms with Crippen molar-refractivity contribution < 1.29 is 13.2 Å². The van der Waals surface area contributed by atoms with E-state index in [1.54, 1.807) is 4.90 Å². The smallest absolute Gasteiger partial charge is 0.233 e. The van der Waals surface area contributed by atoms with Crippen LogP contribution >= 0.6 is 11.8 Å². The molecular weight excluding hydrogens is 336 g/mol. The number of piperazine rings is 1. The van der Waals surface area contributed by atoms with Gasteiger partial charge < -0.3 is 10.2 Å². The molecule has 9 heteroatoms. The third kappa shape index (κ3) is 4.19. The average molecular weight is 361 g/mol. The molecule has 7 nitrogen and oxygen atoms in total. The predicted molar refractivity (Wildman–Crippen MR) is 92.1 cm³/mol. The maximum absolute atomic E-state index is 12.3. The van der Waals surface area contributed by atoms with Crippen LogP contribution in [0.25, 0.3) is 0 Å². The van der Waals surface area contributed by atoms with Crippen molar-refractivity contribution in [2.24, 2.45) is 4.99 Å². The Bertz CT molecular complexity index is 585. The second kappa shape index (κ2) is 6.98. The van der Waals surface area contributed by atoms with Gasteiger partial charge in [0, 0.05) is 26.2 Å². The number of nitrogens with zero attached hydrogens (tertiary/aromatic N) is 3. The summed E-state index contributed by atoms with van der Waals surface area (Å²) in [6, 6.07) is 0.847. The molecule has 2 atom stereocenters. The van der Waals surface area contributed by atoms with Crippen LogP contribution in [0.15, 0.2) is 4.99 Å². The van der Waals surface area contributed by atoms with E-state index in [1.807, 2.05) is 0 Å². The van der Waals surface area contributed by atoms with Crippen molar-refractivity contribution in [3.05, 3.63) is 0 Å². The van der Waals surface area contributed by atoms with Gasteiger partial charge in [-0.05, 0) is 12.8 Å². The molecule has 3 aliphatic rings. The normalized spacial score (nSPS) is 28.9. The minimum Gasteiger partial charge on any atom is -0.360 e. The zero-order valence-corrected chi connectivity index (χ0v) is 15.0. The highest BCUT2D eigenvalue weighted by Gasteiger charge is 2.31. The highest BCUT2D eigenvalue weighted by atomic mass is 32.2. The van der Waals surface area contributed by atoms with Crippen LogP contribution in [0.2, 0.25) is 0 Å². The molecule has 0 aromatic heterocycles. The van der Waals surface area contributed by atoms with Crippen LogP contribution in [0, 0.1) is 0 Å². The minimum absolute atomic E-state index is 0.0579. The van der Waals surface area contributed by atoms with Crippen LogP contribution in [-0.2, 0) is 14.8 Å². The zero-order chi connectivity index (χ0) is 16.4. The molecular formula is C14H24N4O3S2. The number of amidine groups is 1. The number of rotatable bonds is 3. The second-order valence-electron chi connectivity index (χ2n) is 6.37. The Morgan fingerprint density at radius 3 is 2.61 bits per heavy atom. The zero-order valence-electron chi connectivity index (χ0n) is 13.4. The number of fused-ring (bicyclic) bond motifs is 1. The van der Waals surface area contributed by atoms with E-state index in [9.17, 15) is 13.2 Å². The molecule has 3 rings (SSSR count). The lowest BCUT2D eigenvalue weighted by Gasteiger charge is -2.33. The van der Waals surface area contributed by atoms with Crippen molar-refractivity contribution >= 4 is 32.9 Å². The molecule has 2 unspecified atom stereocenters. The molecule has 1 aliphatic carbocycles. The van der Waals surface area contributed by atoms with E-state index < -0.39 is 10.0 Å². The number of carbonyl (C=O) groups is 1. The highest BCUT2D eigenvalue weighted by molar-refractivity contribution is 8.14. The van der Waals surface area contributed by atoms with Crippen molar-refractivity contribution in [1.29, 1.82) is 0 Å². The van der Waals surface area contributed by atoms with Gasteiger partial charge in [-0.15, -0.1) is 0 Å². The molecule has 130 valence electrons. The lowest BCUT2D eigenvalue weighted by molar-refractivity contribution is -0.129. The summed E-state index contributed by atoms with van der Waals surface area (Å²) in [4.78, 5) is 18.7. The molecule has 0 aromatic rings. The lowest BCUT2D eigenvalue weighted by Crippen LogP contribution is -2.50. The van der Waals surface area contributed by atoms with Gasteiger partial charge in [-0.2, -0.15) is 4.31 Å². The second-order valence-corrected chi connectivity index (χ2v) is 9.31. The average Bonchev–Trinajstić information content (AvgIpc) is 2.95. The molecule has 1 saturated carbocycles. The van der Waals surface area contributed by atoms with Crippen LogP contribution in [0.5, 0.6) is 0 Å². The molecule has 23 heavy (non-hydrogen) atoms. The third-order valence-corrected chi connectivity index (χ3v) is 6.91. The predicted octanol–water partition coefficient (Wildman–Crippen LogP) is 0.0938. The van der Waals surface area contributed by atoms with E-state index in [1.165, 1.54) is 41.6 Å². The van der Waals surface area contributed by atoms with Gasteiger partial charge in [-0.3, -0.25) is 9.79 Å². The fraction of sp³-hybridized carbons (Fsp3) is 0.857. The first kappa shape index (κ1) is 17.0. The Kier molecular flexibility index (Phi) is 5.17. The molecule has 1 saturated heterocycles. The third-order valence-electron chi connectivity index (χ3n) is 4.71. The summed E-state index contributed by atoms with van der Waals surface area (Å²) < 4.78 is 24.4. The first-order valence-electron chi connectivity index (χ1n) is 8.13. The number of nitrogens with one attached hydrogen (secondary N) is 1. The maximum Gasteiger partial charge on any atom is 0.233 e. The van der Waals surface area contributed by atoms with Crippen molar-refractivity contribution in [3.63, 3.8) is 0 Å². The lowest BCUT2D eigenvalue weighted by atomic mass is 9.92.